The Morgan fingerprint density at radius 3 is 2.67 bits per heavy atom. The van der Waals surface area contributed by atoms with E-state index in [0.29, 0.717) is 34.6 Å². The number of nitrogens with one attached hydrogen (secondary N) is 1. The minimum Gasteiger partial charge on any atom is -0.494 e. The molecule has 7 heteroatoms. The van der Waals surface area contributed by atoms with E-state index in [4.69, 9.17) is 14.2 Å². The number of rotatable bonds is 7. The quantitative estimate of drug-likeness (QED) is 0.650. The number of methoxy groups -OCH3 is 2. The zero-order valence-electron chi connectivity index (χ0n) is 15.3. The van der Waals surface area contributed by atoms with Gasteiger partial charge in [-0.05, 0) is 43.3 Å². The summed E-state index contributed by atoms with van der Waals surface area (Å²) in [5.41, 5.74) is 2.14. The topological polar surface area (TPSA) is 69.7 Å². The van der Waals surface area contributed by atoms with Crippen molar-refractivity contribution in [2.24, 2.45) is 0 Å². The van der Waals surface area contributed by atoms with E-state index in [0.717, 1.165) is 11.3 Å². The van der Waals surface area contributed by atoms with Crippen molar-refractivity contribution in [1.29, 1.82) is 0 Å². The van der Waals surface area contributed by atoms with Crippen LogP contribution in [0.4, 0.5) is 5.13 Å². The van der Waals surface area contributed by atoms with Gasteiger partial charge in [0.15, 0.2) is 16.6 Å². The minimum absolute atomic E-state index is 0.232. The molecule has 0 bridgehead atoms. The molecule has 1 N–H and O–H groups in total. The van der Waals surface area contributed by atoms with Gasteiger partial charge >= 0.3 is 0 Å². The third-order valence-electron chi connectivity index (χ3n) is 3.81. The maximum atomic E-state index is 12.5. The number of aromatic nitrogens is 1. The summed E-state index contributed by atoms with van der Waals surface area (Å²) in [5, 5.41) is 5.23. The van der Waals surface area contributed by atoms with Gasteiger partial charge in [0, 0.05) is 16.5 Å². The van der Waals surface area contributed by atoms with Crippen molar-refractivity contribution < 1.29 is 19.0 Å². The predicted octanol–water partition coefficient (Wildman–Crippen LogP) is 4.48. The maximum Gasteiger partial charge on any atom is 0.257 e. The van der Waals surface area contributed by atoms with E-state index in [1.807, 2.05) is 36.6 Å². The molecule has 0 atom stereocenters. The first kappa shape index (κ1) is 18.7. The number of nitrogens with zero attached hydrogens (tertiary/aromatic N) is 1. The van der Waals surface area contributed by atoms with Gasteiger partial charge in [0.2, 0.25) is 0 Å². The number of carbonyl (C=O) groups excluding carboxylic acids is 1. The van der Waals surface area contributed by atoms with Crippen molar-refractivity contribution in [3.8, 4) is 28.5 Å². The highest BCUT2D eigenvalue weighted by molar-refractivity contribution is 7.14. The lowest BCUT2D eigenvalue weighted by molar-refractivity contribution is 0.102. The SMILES string of the molecule is CCOc1cccc(C(=O)Nc2nc(-c3ccc(OC)c(OC)c3)cs2)c1. The fraction of sp³-hybridized carbons (Fsp3) is 0.200. The Balaban J connectivity index is 1.76. The fourth-order valence-corrected chi connectivity index (χ4v) is 3.24. The molecule has 1 aromatic heterocycles. The first-order valence-corrected chi connectivity index (χ1v) is 9.24. The summed E-state index contributed by atoms with van der Waals surface area (Å²) in [5.74, 6) is 1.71. The van der Waals surface area contributed by atoms with Crippen LogP contribution in [0.3, 0.4) is 0 Å². The number of hydrogen-bond acceptors (Lipinski definition) is 6. The third kappa shape index (κ3) is 4.38. The molecule has 0 aliphatic heterocycles. The monoisotopic (exact) mass is 384 g/mol. The second kappa shape index (κ2) is 8.55. The van der Waals surface area contributed by atoms with Gasteiger partial charge in [-0.3, -0.25) is 10.1 Å². The van der Waals surface area contributed by atoms with Gasteiger partial charge in [0.1, 0.15) is 5.75 Å². The van der Waals surface area contributed by atoms with E-state index >= 15 is 0 Å². The lowest BCUT2D eigenvalue weighted by Crippen LogP contribution is -2.11. The van der Waals surface area contributed by atoms with Crippen molar-refractivity contribution >= 4 is 22.4 Å². The van der Waals surface area contributed by atoms with Crippen molar-refractivity contribution in [1.82, 2.24) is 4.98 Å². The standard InChI is InChI=1S/C20H20N2O4S/c1-4-26-15-7-5-6-14(10-15)19(23)22-20-21-16(12-27-20)13-8-9-17(24-2)18(11-13)25-3/h5-12H,4H2,1-3H3,(H,21,22,23). The molecule has 1 amide bonds. The number of anilines is 1. The molecule has 0 aliphatic rings. The largest absolute Gasteiger partial charge is 0.494 e. The molecule has 2 aromatic carbocycles. The van der Waals surface area contributed by atoms with Gasteiger partial charge in [0.05, 0.1) is 26.5 Å². The highest BCUT2D eigenvalue weighted by Gasteiger charge is 2.12. The fourth-order valence-electron chi connectivity index (χ4n) is 2.52. The van der Waals surface area contributed by atoms with Crippen LogP contribution in [-0.4, -0.2) is 31.7 Å². The molecule has 0 radical (unpaired) electrons. The summed E-state index contributed by atoms with van der Waals surface area (Å²) in [6.45, 7) is 2.45. The summed E-state index contributed by atoms with van der Waals surface area (Å²) < 4.78 is 16.0. The highest BCUT2D eigenvalue weighted by Crippen LogP contribution is 2.33. The summed E-state index contributed by atoms with van der Waals surface area (Å²) in [6, 6.07) is 12.6. The molecule has 1 heterocycles. The minimum atomic E-state index is -0.232. The molecule has 0 aliphatic carbocycles. The van der Waals surface area contributed by atoms with Crippen molar-refractivity contribution in [2.45, 2.75) is 6.92 Å². The Hall–Kier alpha value is -3.06. The average Bonchev–Trinajstić information content (AvgIpc) is 3.16. The highest BCUT2D eigenvalue weighted by atomic mass is 32.1. The third-order valence-corrected chi connectivity index (χ3v) is 4.57. The molecule has 0 spiro atoms. The van der Waals surface area contributed by atoms with E-state index in [2.05, 4.69) is 10.3 Å². The molecule has 0 fully saturated rings. The van der Waals surface area contributed by atoms with Crippen LogP contribution in [0.5, 0.6) is 17.2 Å². The molecule has 0 saturated heterocycles. The van der Waals surface area contributed by atoms with Gasteiger partial charge in [0.25, 0.3) is 5.91 Å². The van der Waals surface area contributed by atoms with Crippen molar-refractivity contribution in [3.05, 3.63) is 53.4 Å². The van der Waals surface area contributed by atoms with E-state index < -0.39 is 0 Å². The number of ether oxygens (including phenoxy) is 3. The molecular formula is C20H20N2O4S. The Labute approximate surface area is 161 Å². The van der Waals surface area contributed by atoms with Crippen LogP contribution in [-0.2, 0) is 0 Å². The molecule has 0 unspecified atom stereocenters. The van der Waals surface area contributed by atoms with Gasteiger partial charge in [-0.15, -0.1) is 11.3 Å². The van der Waals surface area contributed by atoms with E-state index in [1.54, 1.807) is 32.4 Å². The summed E-state index contributed by atoms with van der Waals surface area (Å²) >= 11 is 1.36. The first-order chi connectivity index (χ1) is 13.1. The predicted molar refractivity (Wildman–Crippen MR) is 106 cm³/mol. The first-order valence-electron chi connectivity index (χ1n) is 8.36. The molecule has 27 heavy (non-hydrogen) atoms. The van der Waals surface area contributed by atoms with Crippen LogP contribution in [0.2, 0.25) is 0 Å². The van der Waals surface area contributed by atoms with Gasteiger partial charge in [-0.25, -0.2) is 4.98 Å². The van der Waals surface area contributed by atoms with Crippen LogP contribution >= 0.6 is 11.3 Å². The van der Waals surface area contributed by atoms with Crippen molar-refractivity contribution in [3.63, 3.8) is 0 Å². The number of benzene rings is 2. The second-order valence-corrected chi connectivity index (χ2v) is 6.38. The zero-order chi connectivity index (χ0) is 19.2. The molecule has 3 aromatic rings. The second-order valence-electron chi connectivity index (χ2n) is 5.52. The lowest BCUT2D eigenvalue weighted by atomic mass is 10.1. The van der Waals surface area contributed by atoms with E-state index in [1.165, 1.54) is 11.3 Å². The summed E-state index contributed by atoms with van der Waals surface area (Å²) in [4.78, 5) is 17.0. The number of thiazole rings is 1. The Bertz CT molecular complexity index is 939. The number of hydrogen-bond donors (Lipinski definition) is 1. The number of amides is 1. The molecule has 6 nitrogen and oxygen atoms in total. The molecule has 0 saturated carbocycles. The van der Waals surface area contributed by atoms with Crippen LogP contribution < -0.4 is 19.5 Å². The van der Waals surface area contributed by atoms with Crippen LogP contribution in [0, 0.1) is 0 Å². The maximum absolute atomic E-state index is 12.5. The Morgan fingerprint density at radius 2 is 1.93 bits per heavy atom. The summed E-state index contributed by atoms with van der Waals surface area (Å²) in [6.07, 6.45) is 0. The lowest BCUT2D eigenvalue weighted by Gasteiger charge is -2.08. The van der Waals surface area contributed by atoms with Crippen LogP contribution in [0.15, 0.2) is 47.8 Å². The summed E-state index contributed by atoms with van der Waals surface area (Å²) in [7, 11) is 3.18. The van der Waals surface area contributed by atoms with Gasteiger partial charge < -0.3 is 14.2 Å². The Morgan fingerprint density at radius 1 is 1.11 bits per heavy atom. The smallest absolute Gasteiger partial charge is 0.257 e. The average molecular weight is 384 g/mol. The number of carbonyl (C=O) groups is 1. The molecule has 140 valence electrons. The van der Waals surface area contributed by atoms with Gasteiger partial charge in [-0.1, -0.05) is 6.07 Å². The zero-order valence-corrected chi connectivity index (χ0v) is 16.1. The Kier molecular flexibility index (Phi) is 5.93. The van der Waals surface area contributed by atoms with Gasteiger partial charge in [-0.2, -0.15) is 0 Å². The van der Waals surface area contributed by atoms with Crippen LogP contribution in [0.1, 0.15) is 17.3 Å². The van der Waals surface area contributed by atoms with E-state index in [-0.39, 0.29) is 5.91 Å². The molecular weight excluding hydrogens is 364 g/mol. The normalized spacial score (nSPS) is 10.3. The van der Waals surface area contributed by atoms with E-state index in [9.17, 15) is 4.79 Å². The van der Waals surface area contributed by atoms with Crippen LogP contribution in [0.25, 0.3) is 11.3 Å². The molecule has 3 rings (SSSR count). The van der Waals surface area contributed by atoms with Crippen molar-refractivity contribution in [2.75, 3.05) is 26.1 Å².